The number of carbonyl (C=O) groups excluding carboxylic acids is 2. The molecule has 1 aromatic rings. The number of esters is 2. The predicted octanol–water partition coefficient (Wildman–Crippen LogP) is 5.59. The van der Waals surface area contributed by atoms with Gasteiger partial charge >= 0.3 is 11.9 Å². The number of non-ortho nitro benzene ring substituents is 1. The smallest absolute Gasteiger partial charge is 0.336 e. The van der Waals surface area contributed by atoms with Gasteiger partial charge in [0.25, 0.3) is 5.69 Å². The summed E-state index contributed by atoms with van der Waals surface area (Å²) in [5.74, 6) is -1.91. The van der Waals surface area contributed by atoms with Crippen molar-refractivity contribution in [2.24, 2.45) is 0 Å². The number of hydrogen-bond acceptors (Lipinski definition) is 7. The second-order valence-corrected chi connectivity index (χ2v) is 22.6. The second kappa shape index (κ2) is 11.3. The van der Waals surface area contributed by atoms with Crippen molar-refractivity contribution in [3.63, 3.8) is 0 Å². The predicted molar refractivity (Wildman–Crippen MR) is 143 cm³/mol. The van der Waals surface area contributed by atoms with Crippen LogP contribution in [0, 0.1) is 10.1 Å². The molecule has 0 saturated carbocycles. The van der Waals surface area contributed by atoms with Crippen LogP contribution < -0.4 is 5.32 Å². The zero-order chi connectivity index (χ0) is 26.6. The third-order valence-corrected chi connectivity index (χ3v) is 9.19. The van der Waals surface area contributed by atoms with Crippen LogP contribution in [-0.2, 0) is 19.1 Å². The molecule has 1 aromatic carbocycles. The van der Waals surface area contributed by atoms with E-state index in [0.29, 0.717) is 17.0 Å². The maximum absolute atomic E-state index is 13.3. The van der Waals surface area contributed by atoms with Crippen LogP contribution in [-0.4, -0.2) is 46.2 Å². The highest BCUT2D eigenvalue weighted by atomic mass is 28.3. The van der Waals surface area contributed by atoms with Crippen molar-refractivity contribution in [2.75, 3.05) is 13.2 Å². The van der Waals surface area contributed by atoms with Gasteiger partial charge in [-0.15, -0.1) is 0 Å². The van der Waals surface area contributed by atoms with E-state index in [1.807, 2.05) is 0 Å². The molecule has 0 radical (unpaired) electrons. The highest BCUT2D eigenvalue weighted by molar-refractivity contribution is 6.76. The van der Waals surface area contributed by atoms with Crippen LogP contribution in [0.5, 0.6) is 0 Å². The Bertz CT molecular complexity index is 997. The first-order valence-electron chi connectivity index (χ1n) is 11.9. The zero-order valence-electron chi connectivity index (χ0n) is 22.1. The average Bonchev–Trinajstić information content (AvgIpc) is 2.71. The van der Waals surface area contributed by atoms with Crippen molar-refractivity contribution in [1.29, 1.82) is 0 Å². The minimum atomic E-state index is -1.43. The number of ether oxygens (including phenoxy) is 2. The molecule has 1 heterocycles. The molecular formula is C25H38N2O6Si2. The monoisotopic (exact) mass is 518 g/mol. The Balaban J connectivity index is 2.49. The maximum Gasteiger partial charge on any atom is 0.336 e. The van der Waals surface area contributed by atoms with Crippen molar-refractivity contribution in [1.82, 2.24) is 5.32 Å². The number of nitrogens with one attached hydrogen (secondary N) is 1. The van der Waals surface area contributed by atoms with Crippen LogP contribution in [0.4, 0.5) is 5.69 Å². The van der Waals surface area contributed by atoms with Gasteiger partial charge in [-0.25, -0.2) is 9.59 Å². The number of nitro groups is 1. The van der Waals surface area contributed by atoms with E-state index < -0.39 is 38.9 Å². The summed E-state index contributed by atoms with van der Waals surface area (Å²) in [5.41, 5.74) is 1.99. The Morgan fingerprint density at radius 3 is 1.77 bits per heavy atom. The summed E-state index contributed by atoms with van der Waals surface area (Å²) in [4.78, 5) is 37.6. The first-order chi connectivity index (χ1) is 16.1. The van der Waals surface area contributed by atoms with Crippen LogP contribution in [0.2, 0.25) is 51.4 Å². The highest BCUT2D eigenvalue weighted by Gasteiger charge is 2.38. The van der Waals surface area contributed by atoms with Gasteiger partial charge in [0.1, 0.15) is 0 Å². The Morgan fingerprint density at radius 2 is 1.37 bits per heavy atom. The molecule has 8 nitrogen and oxygen atoms in total. The molecule has 0 unspecified atom stereocenters. The highest BCUT2D eigenvalue weighted by Crippen LogP contribution is 2.40. The van der Waals surface area contributed by atoms with Crippen molar-refractivity contribution < 1.29 is 24.0 Å². The Morgan fingerprint density at radius 1 is 0.914 bits per heavy atom. The lowest BCUT2D eigenvalue weighted by atomic mass is 9.80. The number of hydrogen-bond donors (Lipinski definition) is 1. The van der Waals surface area contributed by atoms with E-state index in [-0.39, 0.29) is 30.0 Å². The number of rotatable bonds is 10. The number of allylic oxidation sites excluding steroid dienone is 2. The molecule has 0 spiro atoms. The van der Waals surface area contributed by atoms with E-state index in [9.17, 15) is 19.7 Å². The lowest BCUT2D eigenvalue weighted by Crippen LogP contribution is -2.33. The molecule has 0 fully saturated rings. The van der Waals surface area contributed by atoms with Crippen LogP contribution in [0.3, 0.4) is 0 Å². The van der Waals surface area contributed by atoms with E-state index in [0.717, 1.165) is 12.1 Å². The van der Waals surface area contributed by atoms with E-state index in [1.54, 1.807) is 26.0 Å². The van der Waals surface area contributed by atoms with Gasteiger partial charge in [0.05, 0.1) is 35.2 Å². The summed E-state index contributed by atoms with van der Waals surface area (Å²) in [6.45, 7) is 17.2. The number of nitro benzene ring substituents is 1. The standard InChI is InChI=1S/C25H38N2O6Si2/c1-17-21(24(28)32-12-14-34(3,4)5)23(19-10-9-11-20(16-19)27(30)31)22(18(2)26-17)25(29)33-13-15-35(6,7)8/h9-11,16,23,26H,12-15H2,1-8H3. The van der Waals surface area contributed by atoms with Gasteiger partial charge in [0, 0.05) is 39.7 Å². The zero-order valence-corrected chi connectivity index (χ0v) is 24.1. The molecule has 192 valence electrons. The van der Waals surface area contributed by atoms with Crippen LogP contribution in [0.25, 0.3) is 0 Å². The molecule has 0 aliphatic carbocycles. The first kappa shape index (κ1) is 28.5. The van der Waals surface area contributed by atoms with Crippen molar-refractivity contribution in [3.05, 3.63) is 62.5 Å². The van der Waals surface area contributed by atoms with E-state index in [4.69, 9.17) is 9.47 Å². The normalized spacial score (nSPS) is 15.1. The Labute approximate surface area is 209 Å². The third-order valence-electron chi connectivity index (χ3n) is 5.78. The van der Waals surface area contributed by atoms with Crippen molar-refractivity contribution in [3.8, 4) is 0 Å². The van der Waals surface area contributed by atoms with E-state index >= 15 is 0 Å². The van der Waals surface area contributed by atoms with Crippen LogP contribution in [0.1, 0.15) is 25.3 Å². The summed E-state index contributed by atoms with van der Waals surface area (Å²) in [5, 5.41) is 14.6. The largest absolute Gasteiger partial charge is 0.463 e. The molecule has 0 amide bonds. The molecule has 1 aliphatic heterocycles. The molecule has 2 rings (SSSR count). The van der Waals surface area contributed by atoms with Gasteiger partial charge in [-0.3, -0.25) is 10.1 Å². The molecule has 35 heavy (non-hydrogen) atoms. The lowest BCUT2D eigenvalue weighted by molar-refractivity contribution is -0.384. The maximum atomic E-state index is 13.3. The van der Waals surface area contributed by atoms with E-state index in [2.05, 4.69) is 44.6 Å². The molecule has 0 bridgehead atoms. The molecular weight excluding hydrogens is 480 g/mol. The number of nitrogens with zero attached hydrogens (tertiary/aromatic N) is 1. The molecule has 10 heteroatoms. The quantitative estimate of drug-likeness (QED) is 0.186. The second-order valence-electron chi connectivity index (χ2n) is 11.4. The fraction of sp³-hybridized carbons (Fsp3) is 0.520. The van der Waals surface area contributed by atoms with Crippen molar-refractivity contribution in [2.45, 2.75) is 71.1 Å². The summed E-state index contributed by atoms with van der Waals surface area (Å²) >= 11 is 0. The fourth-order valence-electron chi connectivity index (χ4n) is 3.74. The SMILES string of the molecule is CC1=C(C(=O)OCC[Si](C)(C)C)C(c2cccc([N+](=O)[O-])c2)C(C(=O)OCC[Si](C)(C)C)=C(C)N1. The van der Waals surface area contributed by atoms with Gasteiger partial charge in [-0.1, -0.05) is 51.4 Å². The molecule has 0 aromatic heterocycles. The number of dihydropyridines is 1. The van der Waals surface area contributed by atoms with Gasteiger partial charge in [0.15, 0.2) is 0 Å². The fourth-order valence-corrected chi connectivity index (χ4v) is 5.17. The minimum Gasteiger partial charge on any atom is -0.463 e. The molecule has 1 N–H and O–H groups in total. The lowest BCUT2D eigenvalue weighted by Gasteiger charge is -2.30. The van der Waals surface area contributed by atoms with Gasteiger partial charge in [0.2, 0.25) is 0 Å². The molecule has 1 aliphatic rings. The number of benzene rings is 1. The van der Waals surface area contributed by atoms with Gasteiger partial charge < -0.3 is 14.8 Å². The summed E-state index contributed by atoms with van der Waals surface area (Å²) in [6, 6.07) is 7.65. The summed E-state index contributed by atoms with van der Waals surface area (Å²) < 4.78 is 11.3. The van der Waals surface area contributed by atoms with Crippen molar-refractivity contribution >= 4 is 33.8 Å². The van der Waals surface area contributed by atoms with Gasteiger partial charge in [-0.05, 0) is 31.5 Å². The Kier molecular flexibility index (Phi) is 9.24. The summed E-state index contributed by atoms with van der Waals surface area (Å²) in [6.07, 6.45) is 0. The third kappa shape index (κ3) is 8.17. The first-order valence-corrected chi connectivity index (χ1v) is 19.3. The van der Waals surface area contributed by atoms with Crippen LogP contribution in [0.15, 0.2) is 46.8 Å². The minimum absolute atomic E-state index is 0.116. The topological polar surface area (TPSA) is 108 Å². The summed E-state index contributed by atoms with van der Waals surface area (Å²) in [7, 11) is -2.86. The molecule has 0 atom stereocenters. The van der Waals surface area contributed by atoms with Gasteiger partial charge in [-0.2, -0.15) is 0 Å². The van der Waals surface area contributed by atoms with E-state index in [1.165, 1.54) is 12.1 Å². The Hall–Kier alpha value is -2.73. The van der Waals surface area contributed by atoms with Crippen LogP contribution >= 0.6 is 0 Å². The average molecular weight is 519 g/mol. The number of carbonyl (C=O) groups is 2. The molecule has 0 saturated heterocycles.